The Morgan fingerprint density at radius 1 is 1.37 bits per heavy atom. The topological polar surface area (TPSA) is 102 Å². The highest BCUT2D eigenvalue weighted by atomic mass is 35.5. The van der Waals surface area contributed by atoms with Crippen LogP contribution in [0, 0.1) is 0 Å². The van der Waals surface area contributed by atoms with Gasteiger partial charge in [-0.25, -0.2) is 4.79 Å². The lowest BCUT2D eigenvalue weighted by Crippen LogP contribution is -2.36. The van der Waals surface area contributed by atoms with Gasteiger partial charge in [-0.15, -0.1) is 0 Å². The summed E-state index contributed by atoms with van der Waals surface area (Å²) < 4.78 is 0. The number of aromatic amines is 1. The highest BCUT2D eigenvalue weighted by Gasteiger charge is 2.16. The second-order valence-electron chi connectivity index (χ2n) is 3.98. The number of nitrogens with one attached hydrogen (secondary N) is 2. The van der Waals surface area contributed by atoms with Gasteiger partial charge in [0, 0.05) is 15.9 Å². The first-order valence-electron chi connectivity index (χ1n) is 5.44. The fraction of sp³-hybridized carbons (Fsp3) is 0.167. The third-order valence-electron chi connectivity index (χ3n) is 2.57. The zero-order chi connectivity index (χ0) is 14.0. The van der Waals surface area contributed by atoms with E-state index in [4.69, 9.17) is 21.8 Å². The van der Waals surface area contributed by atoms with E-state index in [2.05, 4.69) is 10.3 Å². The molecule has 1 unspecified atom stereocenters. The standard InChI is InChI=1S/C12H11ClN2O4/c13-7-1-2-8-6(3-7)4-9(15-8)11(17)14-5-10(16)12(18)19/h1-4,10,15-16H,5H2,(H,14,17)(H,18,19). The Balaban J connectivity index is 2.11. The van der Waals surface area contributed by atoms with E-state index in [9.17, 15) is 9.59 Å². The molecule has 0 spiro atoms. The van der Waals surface area contributed by atoms with Crippen molar-refractivity contribution in [1.29, 1.82) is 0 Å². The van der Waals surface area contributed by atoms with Gasteiger partial charge in [-0.05, 0) is 24.3 Å². The fourth-order valence-corrected chi connectivity index (χ4v) is 1.78. The number of carbonyl (C=O) groups is 2. The van der Waals surface area contributed by atoms with Crippen molar-refractivity contribution in [2.24, 2.45) is 0 Å². The van der Waals surface area contributed by atoms with Crippen LogP contribution in [0.1, 0.15) is 10.5 Å². The number of H-pyrrole nitrogens is 1. The zero-order valence-electron chi connectivity index (χ0n) is 9.68. The number of hydrogen-bond donors (Lipinski definition) is 4. The van der Waals surface area contributed by atoms with E-state index in [1.165, 1.54) is 0 Å². The van der Waals surface area contributed by atoms with Gasteiger partial charge in [0.1, 0.15) is 5.69 Å². The number of aromatic nitrogens is 1. The lowest BCUT2D eigenvalue weighted by Gasteiger charge is -2.06. The number of benzene rings is 1. The second kappa shape index (κ2) is 5.29. The number of rotatable bonds is 4. The van der Waals surface area contributed by atoms with Crippen LogP contribution in [0.5, 0.6) is 0 Å². The quantitative estimate of drug-likeness (QED) is 0.672. The summed E-state index contributed by atoms with van der Waals surface area (Å²) in [6.45, 7) is -0.357. The molecular formula is C12H11ClN2O4. The van der Waals surface area contributed by atoms with Gasteiger partial charge in [0.25, 0.3) is 5.91 Å². The Kier molecular flexibility index (Phi) is 3.73. The van der Waals surface area contributed by atoms with Crippen LogP contribution >= 0.6 is 11.6 Å². The van der Waals surface area contributed by atoms with E-state index < -0.39 is 18.0 Å². The van der Waals surface area contributed by atoms with Crippen molar-refractivity contribution in [3.05, 3.63) is 35.0 Å². The molecule has 0 radical (unpaired) electrons. The Morgan fingerprint density at radius 2 is 2.11 bits per heavy atom. The maximum absolute atomic E-state index is 11.7. The number of carboxylic acid groups (broad SMARTS) is 1. The van der Waals surface area contributed by atoms with E-state index >= 15 is 0 Å². The number of halogens is 1. The van der Waals surface area contributed by atoms with E-state index in [0.29, 0.717) is 5.02 Å². The summed E-state index contributed by atoms with van der Waals surface area (Å²) in [5.41, 5.74) is 1.02. The van der Waals surface area contributed by atoms with E-state index in [0.717, 1.165) is 10.9 Å². The van der Waals surface area contributed by atoms with Gasteiger partial charge in [0.2, 0.25) is 0 Å². The summed E-state index contributed by atoms with van der Waals surface area (Å²) in [6.07, 6.45) is -1.62. The minimum Gasteiger partial charge on any atom is -0.479 e. The first-order chi connectivity index (χ1) is 8.97. The molecule has 100 valence electrons. The average Bonchev–Trinajstić information content (AvgIpc) is 2.78. The number of carbonyl (C=O) groups excluding carboxylic acids is 1. The van der Waals surface area contributed by atoms with Crippen molar-refractivity contribution in [3.8, 4) is 0 Å². The SMILES string of the molecule is O=C(NCC(O)C(=O)O)c1cc2cc(Cl)ccc2[nH]1. The predicted molar refractivity (Wildman–Crippen MR) is 69.3 cm³/mol. The number of aliphatic carboxylic acids is 1. The van der Waals surface area contributed by atoms with Crippen LogP contribution < -0.4 is 5.32 Å². The highest BCUT2D eigenvalue weighted by molar-refractivity contribution is 6.31. The molecule has 0 aliphatic carbocycles. The minimum atomic E-state index is -1.62. The van der Waals surface area contributed by atoms with Crippen molar-refractivity contribution in [3.63, 3.8) is 0 Å². The van der Waals surface area contributed by atoms with Crippen LogP contribution in [0.3, 0.4) is 0 Å². The van der Waals surface area contributed by atoms with Crippen molar-refractivity contribution in [1.82, 2.24) is 10.3 Å². The van der Waals surface area contributed by atoms with Gasteiger partial charge in [-0.2, -0.15) is 0 Å². The normalized spacial score (nSPS) is 12.3. The second-order valence-corrected chi connectivity index (χ2v) is 4.42. The zero-order valence-corrected chi connectivity index (χ0v) is 10.4. The molecule has 0 saturated heterocycles. The molecule has 4 N–H and O–H groups in total. The molecule has 1 aromatic heterocycles. The molecule has 7 heteroatoms. The lowest BCUT2D eigenvalue weighted by molar-refractivity contribution is -0.146. The maximum atomic E-state index is 11.7. The molecule has 0 fully saturated rings. The molecule has 19 heavy (non-hydrogen) atoms. The smallest absolute Gasteiger partial charge is 0.334 e. The third kappa shape index (κ3) is 3.04. The third-order valence-corrected chi connectivity index (χ3v) is 2.80. The molecule has 0 saturated carbocycles. The molecule has 0 aliphatic rings. The van der Waals surface area contributed by atoms with Crippen LogP contribution in [-0.2, 0) is 4.79 Å². The van der Waals surface area contributed by atoms with Gasteiger partial charge in [0.05, 0.1) is 6.54 Å². The Bertz CT molecular complexity index is 638. The summed E-state index contributed by atoms with van der Waals surface area (Å²) in [7, 11) is 0. The number of amides is 1. The first kappa shape index (κ1) is 13.4. The minimum absolute atomic E-state index is 0.273. The van der Waals surface area contributed by atoms with E-state index in [1.807, 2.05) is 0 Å². The first-order valence-corrected chi connectivity index (χ1v) is 5.82. The molecule has 1 heterocycles. The van der Waals surface area contributed by atoms with Gasteiger partial charge in [-0.3, -0.25) is 4.79 Å². The highest BCUT2D eigenvalue weighted by Crippen LogP contribution is 2.19. The molecule has 0 bridgehead atoms. The van der Waals surface area contributed by atoms with Crippen molar-refractivity contribution in [2.45, 2.75) is 6.10 Å². The molecule has 1 aromatic carbocycles. The molecular weight excluding hydrogens is 272 g/mol. The van der Waals surface area contributed by atoms with Crippen molar-refractivity contribution in [2.75, 3.05) is 6.54 Å². The summed E-state index contributed by atoms with van der Waals surface area (Å²) >= 11 is 5.83. The van der Waals surface area contributed by atoms with Crippen LogP contribution in [-0.4, -0.2) is 39.7 Å². The lowest BCUT2D eigenvalue weighted by atomic mass is 10.2. The summed E-state index contributed by atoms with van der Waals surface area (Å²) in [6, 6.07) is 6.73. The molecule has 0 aliphatic heterocycles. The van der Waals surface area contributed by atoms with Crippen molar-refractivity contribution < 1.29 is 19.8 Å². The van der Waals surface area contributed by atoms with Gasteiger partial charge in [-0.1, -0.05) is 11.6 Å². The van der Waals surface area contributed by atoms with E-state index in [-0.39, 0.29) is 12.2 Å². The average molecular weight is 283 g/mol. The van der Waals surface area contributed by atoms with Crippen molar-refractivity contribution >= 4 is 34.4 Å². The maximum Gasteiger partial charge on any atom is 0.334 e. The van der Waals surface area contributed by atoms with Crippen LogP contribution in [0.2, 0.25) is 5.02 Å². The number of hydrogen-bond acceptors (Lipinski definition) is 3. The predicted octanol–water partition coefficient (Wildman–Crippen LogP) is 0.997. The fourth-order valence-electron chi connectivity index (χ4n) is 1.60. The number of aliphatic hydroxyl groups excluding tert-OH is 1. The Labute approximate surface area is 113 Å². The van der Waals surface area contributed by atoms with Crippen LogP contribution in [0.15, 0.2) is 24.3 Å². The molecule has 1 atom stereocenters. The Hall–Kier alpha value is -2.05. The molecule has 6 nitrogen and oxygen atoms in total. The Morgan fingerprint density at radius 3 is 2.79 bits per heavy atom. The van der Waals surface area contributed by atoms with Gasteiger partial charge < -0.3 is 20.5 Å². The van der Waals surface area contributed by atoms with Gasteiger partial charge >= 0.3 is 5.97 Å². The summed E-state index contributed by atoms with van der Waals surface area (Å²) in [5.74, 6) is -1.88. The van der Waals surface area contributed by atoms with Gasteiger partial charge in [0.15, 0.2) is 6.10 Å². The monoisotopic (exact) mass is 282 g/mol. The van der Waals surface area contributed by atoms with Crippen LogP contribution in [0.4, 0.5) is 0 Å². The summed E-state index contributed by atoms with van der Waals surface area (Å²) in [4.78, 5) is 25.0. The largest absolute Gasteiger partial charge is 0.479 e. The summed E-state index contributed by atoms with van der Waals surface area (Å²) in [5, 5.41) is 21.2. The number of fused-ring (bicyclic) bond motifs is 1. The van der Waals surface area contributed by atoms with E-state index in [1.54, 1.807) is 24.3 Å². The molecule has 2 aromatic rings. The van der Waals surface area contributed by atoms with Crippen LogP contribution in [0.25, 0.3) is 10.9 Å². The number of aliphatic hydroxyl groups is 1. The molecule has 1 amide bonds. The molecule has 2 rings (SSSR count). The number of carboxylic acids is 1.